The van der Waals surface area contributed by atoms with Crippen LogP contribution in [0, 0.1) is 0 Å². The Labute approximate surface area is 148 Å². The van der Waals surface area contributed by atoms with Gasteiger partial charge in [0.25, 0.3) is 0 Å². The number of carbonyl (C=O) groups is 2. The molecule has 136 valence electrons. The van der Waals surface area contributed by atoms with Crippen LogP contribution < -0.4 is 5.32 Å². The third kappa shape index (κ3) is 7.37. The number of anilines is 1. The van der Waals surface area contributed by atoms with Crippen molar-refractivity contribution in [2.45, 2.75) is 19.5 Å². The molecule has 0 bridgehead atoms. The lowest BCUT2D eigenvalue weighted by Crippen LogP contribution is -2.37. The highest BCUT2D eigenvalue weighted by Crippen LogP contribution is 2.36. The number of amides is 1. The third-order valence-corrected chi connectivity index (χ3v) is 3.15. The quantitative estimate of drug-likeness (QED) is 0.749. The van der Waals surface area contributed by atoms with Crippen molar-refractivity contribution in [3.05, 3.63) is 28.8 Å². The fourth-order valence-electron chi connectivity index (χ4n) is 1.95. The van der Waals surface area contributed by atoms with Crippen molar-refractivity contribution in [1.29, 1.82) is 0 Å². The Morgan fingerprint density at radius 1 is 1.29 bits per heavy atom. The summed E-state index contributed by atoms with van der Waals surface area (Å²) in [4.78, 5) is 24.0. The van der Waals surface area contributed by atoms with Crippen LogP contribution >= 0.6 is 24.0 Å². The van der Waals surface area contributed by atoms with E-state index in [2.05, 4.69) is 5.32 Å². The molecule has 0 heterocycles. The number of hydrogen-bond donors (Lipinski definition) is 2. The fourth-order valence-corrected chi connectivity index (χ4v) is 2.17. The van der Waals surface area contributed by atoms with Gasteiger partial charge in [-0.15, -0.1) is 12.4 Å². The van der Waals surface area contributed by atoms with E-state index in [-0.39, 0.29) is 31.2 Å². The van der Waals surface area contributed by atoms with Crippen molar-refractivity contribution in [2.24, 2.45) is 0 Å². The summed E-state index contributed by atoms with van der Waals surface area (Å²) < 4.78 is 38.2. The molecule has 0 saturated carbocycles. The van der Waals surface area contributed by atoms with Crippen LogP contribution in [-0.2, 0) is 15.8 Å². The van der Waals surface area contributed by atoms with Gasteiger partial charge in [0.1, 0.15) is 0 Å². The maximum Gasteiger partial charge on any atom is 0.417 e. The molecular formula is C14H17Cl2F3N2O3. The molecule has 24 heavy (non-hydrogen) atoms. The molecule has 0 aliphatic rings. The van der Waals surface area contributed by atoms with Crippen LogP contribution in [-0.4, -0.2) is 41.5 Å². The molecule has 0 radical (unpaired) electrons. The van der Waals surface area contributed by atoms with Crippen molar-refractivity contribution < 1.29 is 27.9 Å². The van der Waals surface area contributed by atoms with Gasteiger partial charge in [0.05, 0.1) is 23.7 Å². The molecule has 0 aliphatic heterocycles. The second-order valence-corrected chi connectivity index (χ2v) is 5.25. The van der Waals surface area contributed by atoms with Gasteiger partial charge in [0, 0.05) is 5.69 Å². The first-order valence-corrected chi connectivity index (χ1v) is 7.12. The normalized spacial score (nSPS) is 11.1. The zero-order chi connectivity index (χ0) is 17.6. The summed E-state index contributed by atoms with van der Waals surface area (Å²) in [7, 11) is 0. The minimum absolute atomic E-state index is 0. The molecule has 0 spiro atoms. The van der Waals surface area contributed by atoms with Crippen LogP contribution in [0.25, 0.3) is 0 Å². The zero-order valence-electron chi connectivity index (χ0n) is 12.7. The third-order valence-electron chi connectivity index (χ3n) is 2.82. The number of nitrogens with zero attached hydrogens (tertiary/aromatic N) is 1. The van der Waals surface area contributed by atoms with Crippen molar-refractivity contribution in [1.82, 2.24) is 4.90 Å². The number of rotatable bonds is 7. The van der Waals surface area contributed by atoms with Gasteiger partial charge in [-0.1, -0.05) is 18.5 Å². The Hall–Kier alpha value is -1.51. The van der Waals surface area contributed by atoms with Crippen molar-refractivity contribution >= 4 is 41.6 Å². The molecule has 1 amide bonds. The molecule has 0 atom stereocenters. The number of aliphatic carboxylic acids is 1. The Balaban J connectivity index is 0.00000529. The largest absolute Gasteiger partial charge is 0.480 e. The molecule has 0 aromatic heterocycles. The highest BCUT2D eigenvalue weighted by atomic mass is 35.5. The van der Waals surface area contributed by atoms with Crippen molar-refractivity contribution in [3.8, 4) is 0 Å². The average molecular weight is 389 g/mol. The van der Waals surface area contributed by atoms with E-state index in [0.717, 1.165) is 12.1 Å². The second-order valence-electron chi connectivity index (χ2n) is 4.84. The number of hydrogen-bond acceptors (Lipinski definition) is 3. The Morgan fingerprint density at radius 3 is 2.42 bits per heavy atom. The second kappa shape index (κ2) is 9.71. The predicted molar refractivity (Wildman–Crippen MR) is 86.7 cm³/mol. The maximum atomic E-state index is 12.7. The minimum atomic E-state index is -4.63. The molecule has 0 fully saturated rings. The predicted octanol–water partition coefficient (Wildman–Crippen LogP) is 3.52. The van der Waals surface area contributed by atoms with E-state index in [0.29, 0.717) is 13.0 Å². The molecule has 0 saturated heterocycles. The van der Waals surface area contributed by atoms with Gasteiger partial charge >= 0.3 is 12.1 Å². The van der Waals surface area contributed by atoms with Crippen LogP contribution in [0.15, 0.2) is 18.2 Å². The van der Waals surface area contributed by atoms with Crippen LogP contribution in [0.4, 0.5) is 18.9 Å². The number of carbonyl (C=O) groups excluding carboxylic acids is 1. The van der Waals surface area contributed by atoms with E-state index < -0.39 is 28.6 Å². The smallest absolute Gasteiger partial charge is 0.417 e. The summed E-state index contributed by atoms with van der Waals surface area (Å²) >= 11 is 5.49. The van der Waals surface area contributed by atoms with Gasteiger partial charge in [-0.05, 0) is 31.2 Å². The molecule has 5 nitrogen and oxygen atoms in total. The number of nitrogens with one attached hydrogen (secondary N) is 1. The lowest BCUT2D eigenvalue weighted by Gasteiger charge is -2.19. The lowest BCUT2D eigenvalue weighted by molar-refractivity contribution is -0.139. The molecular weight excluding hydrogens is 372 g/mol. The molecule has 2 N–H and O–H groups in total. The maximum absolute atomic E-state index is 12.7. The van der Waals surface area contributed by atoms with E-state index in [1.165, 1.54) is 11.0 Å². The molecule has 10 heteroatoms. The first-order valence-electron chi connectivity index (χ1n) is 6.74. The van der Waals surface area contributed by atoms with E-state index in [4.69, 9.17) is 16.7 Å². The molecule has 1 aromatic carbocycles. The Morgan fingerprint density at radius 2 is 1.92 bits per heavy atom. The topological polar surface area (TPSA) is 69.6 Å². The van der Waals surface area contributed by atoms with Gasteiger partial charge in [-0.3, -0.25) is 14.5 Å². The first-order chi connectivity index (χ1) is 10.6. The summed E-state index contributed by atoms with van der Waals surface area (Å²) in [6, 6.07) is 3.03. The zero-order valence-corrected chi connectivity index (χ0v) is 14.3. The summed E-state index contributed by atoms with van der Waals surface area (Å²) in [5.41, 5.74) is -1.11. The van der Waals surface area contributed by atoms with Gasteiger partial charge in [0.15, 0.2) is 0 Å². The fraction of sp³-hybridized carbons (Fsp3) is 0.429. The molecule has 0 unspecified atom stereocenters. The summed E-state index contributed by atoms with van der Waals surface area (Å²) in [5, 5.41) is 10.6. The molecule has 0 aliphatic carbocycles. The van der Waals surface area contributed by atoms with Gasteiger partial charge in [0.2, 0.25) is 5.91 Å². The summed E-state index contributed by atoms with van der Waals surface area (Å²) in [6.45, 7) is 1.65. The number of alkyl halides is 3. The van der Waals surface area contributed by atoms with Crippen LogP contribution in [0.2, 0.25) is 5.02 Å². The molecule has 1 aromatic rings. The van der Waals surface area contributed by atoms with Gasteiger partial charge < -0.3 is 10.4 Å². The highest BCUT2D eigenvalue weighted by Gasteiger charge is 2.33. The standard InChI is InChI=1S/C14H16ClF3N2O3.ClH/c1-2-5-20(8-13(22)23)7-12(21)19-9-3-4-11(15)10(6-9)14(16,17)18;/h3-4,6H,2,5,7-8H2,1H3,(H,19,21)(H,22,23);1H. The number of carboxylic acids is 1. The monoisotopic (exact) mass is 388 g/mol. The lowest BCUT2D eigenvalue weighted by atomic mass is 10.2. The van der Waals surface area contributed by atoms with Crippen LogP contribution in [0.1, 0.15) is 18.9 Å². The minimum Gasteiger partial charge on any atom is -0.480 e. The molecule has 1 rings (SSSR count). The van der Waals surface area contributed by atoms with Crippen LogP contribution in [0.5, 0.6) is 0 Å². The van der Waals surface area contributed by atoms with Gasteiger partial charge in [-0.2, -0.15) is 13.2 Å². The number of benzene rings is 1. The summed E-state index contributed by atoms with van der Waals surface area (Å²) in [5.74, 6) is -1.69. The Bertz CT molecular complexity index is 583. The van der Waals surface area contributed by atoms with E-state index in [1.807, 2.05) is 6.92 Å². The number of halogens is 5. The average Bonchev–Trinajstić information content (AvgIpc) is 2.39. The van der Waals surface area contributed by atoms with Crippen molar-refractivity contribution in [3.63, 3.8) is 0 Å². The van der Waals surface area contributed by atoms with E-state index in [9.17, 15) is 22.8 Å². The first kappa shape index (κ1) is 22.5. The number of carboxylic acid groups (broad SMARTS) is 1. The van der Waals surface area contributed by atoms with Gasteiger partial charge in [-0.25, -0.2) is 0 Å². The van der Waals surface area contributed by atoms with E-state index in [1.54, 1.807) is 0 Å². The summed E-state index contributed by atoms with van der Waals surface area (Å²) in [6.07, 6.45) is -3.99. The van der Waals surface area contributed by atoms with Crippen LogP contribution in [0.3, 0.4) is 0 Å². The highest BCUT2D eigenvalue weighted by molar-refractivity contribution is 6.31. The van der Waals surface area contributed by atoms with E-state index >= 15 is 0 Å². The van der Waals surface area contributed by atoms with Crippen molar-refractivity contribution in [2.75, 3.05) is 25.0 Å². The SMILES string of the molecule is CCCN(CC(=O)O)CC(=O)Nc1ccc(Cl)c(C(F)(F)F)c1.Cl. The Kier molecular flexibility index (Phi) is 9.09.